The Morgan fingerprint density at radius 2 is 1.88 bits per heavy atom. The Labute approximate surface area is 223 Å². The minimum Gasteiger partial charge on any atom is -0.484 e. The van der Waals surface area contributed by atoms with Gasteiger partial charge in [-0.15, -0.1) is 37.0 Å². The van der Waals surface area contributed by atoms with E-state index in [2.05, 4.69) is 65.7 Å². The number of nitrogens with zero attached hydrogens (tertiary/aromatic N) is 1. The number of rotatable bonds is 11. The van der Waals surface area contributed by atoms with Crippen molar-refractivity contribution in [2.24, 2.45) is 0 Å². The van der Waals surface area contributed by atoms with Gasteiger partial charge in [0.05, 0.1) is 10.3 Å². The topological polar surface area (TPSA) is 89.5 Å². The largest absolute Gasteiger partial charge is 0.484 e. The number of hydrogen-bond donors (Lipinski definition) is 2. The molecule has 2 aromatic rings. The lowest BCUT2D eigenvalue weighted by molar-refractivity contribution is -0.122. The molecule has 0 aliphatic rings. The zero-order chi connectivity index (χ0) is 25.5. The number of carbonyl (C=O) groups excluding carboxylic acids is 2. The molecule has 0 spiro atoms. The van der Waals surface area contributed by atoms with E-state index in [1.807, 2.05) is 25.1 Å². The molecule has 34 heavy (non-hydrogen) atoms. The summed E-state index contributed by atoms with van der Waals surface area (Å²) in [7, 11) is 10.5. The fourth-order valence-electron chi connectivity index (χ4n) is 2.66. The van der Waals surface area contributed by atoms with Gasteiger partial charge in [0.25, 0.3) is 11.8 Å². The molecule has 2 rings (SSSR count). The fourth-order valence-corrected chi connectivity index (χ4v) is 3.89. The van der Waals surface area contributed by atoms with E-state index in [-0.39, 0.29) is 24.6 Å². The Morgan fingerprint density at radius 1 is 1.18 bits per heavy atom. The highest BCUT2D eigenvalue weighted by atomic mass is 127. The second-order valence-electron chi connectivity index (χ2n) is 7.56. The number of benzene rings is 1. The maximum atomic E-state index is 12.6. The summed E-state index contributed by atoms with van der Waals surface area (Å²) in [5, 5.41) is 6.40. The molecule has 0 bridgehead atoms. The van der Waals surface area contributed by atoms with Crippen LogP contribution in [0.2, 0.25) is 0 Å². The van der Waals surface area contributed by atoms with E-state index in [4.69, 9.17) is 7.80 Å². The highest BCUT2D eigenvalue weighted by molar-refractivity contribution is 14.1. The van der Waals surface area contributed by atoms with Crippen molar-refractivity contribution < 1.29 is 17.4 Å². The van der Waals surface area contributed by atoms with Gasteiger partial charge < -0.3 is 18.4 Å². The molecule has 0 saturated carbocycles. The van der Waals surface area contributed by atoms with Gasteiger partial charge in [-0.1, -0.05) is 25.3 Å². The molecule has 5 unspecified atom stereocenters. The summed E-state index contributed by atoms with van der Waals surface area (Å²) in [5.41, 5.74) is 2.80. The smallest absolute Gasteiger partial charge is 0.273 e. The van der Waals surface area contributed by atoms with E-state index in [9.17, 15) is 9.59 Å². The molecule has 0 aliphatic carbocycles. The molecule has 12 heteroatoms. The molecule has 5 atom stereocenters. The van der Waals surface area contributed by atoms with Crippen molar-refractivity contribution >= 4 is 77.1 Å². The minimum atomic E-state index is -0.603. The van der Waals surface area contributed by atoms with Gasteiger partial charge in [-0.05, 0) is 42.1 Å². The number of nitrogens with one attached hydrogen (secondary N) is 2. The van der Waals surface area contributed by atoms with Gasteiger partial charge in [0.1, 0.15) is 40.6 Å². The van der Waals surface area contributed by atoms with Gasteiger partial charge in [0, 0.05) is 17.8 Å². The first-order chi connectivity index (χ1) is 15.9. The second kappa shape index (κ2) is 13.3. The average molecular weight is 649 g/mol. The first kappa shape index (κ1) is 29.2. The first-order valence-corrected chi connectivity index (χ1v) is 13.2. The normalized spacial score (nSPS) is 11.9. The molecule has 0 fully saturated rings. The molecule has 182 valence electrons. The van der Waals surface area contributed by atoms with E-state index in [0.29, 0.717) is 22.8 Å². The van der Waals surface area contributed by atoms with Crippen LogP contribution in [0.5, 0.6) is 5.75 Å². The molecule has 0 saturated heterocycles. The summed E-state index contributed by atoms with van der Waals surface area (Å²) < 4.78 is 10.5. The van der Waals surface area contributed by atoms with E-state index in [0.717, 1.165) is 10.9 Å². The van der Waals surface area contributed by atoms with Crippen LogP contribution in [0, 0.1) is 6.92 Å². The van der Waals surface area contributed by atoms with Crippen molar-refractivity contribution in [3.8, 4) is 5.75 Å². The third-order valence-electron chi connectivity index (χ3n) is 4.56. The number of amides is 2. The van der Waals surface area contributed by atoms with Crippen LogP contribution in [-0.4, -0.2) is 29.5 Å². The summed E-state index contributed by atoms with van der Waals surface area (Å²) in [6.07, 6.45) is -0.391. The summed E-state index contributed by atoms with van der Waals surface area (Å²) in [6, 6.07) is 10.8. The molecule has 0 aliphatic heterocycles. The maximum Gasteiger partial charge on any atom is 0.273 e. The molecule has 0 radical (unpaired) electrons. The van der Waals surface area contributed by atoms with Gasteiger partial charge in [-0.25, -0.2) is 4.98 Å². The standard InChI is InChI=1S/C22H28IN3O4P4/c1-12-7-8-15(10-18(12)31)29-11-20(27)25-14(3)17(30-23)9-13(2)24-21(28)16-5-4-6-19(26-16)22(32,33)34/h4-8,10,17H,2-3,9,11,31-34H2,1H3,(H,24,28)(H,25,27). The van der Waals surface area contributed by atoms with E-state index < -0.39 is 16.6 Å². The van der Waals surface area contributed by atoms with Crippen LogP contribution in [0.1, 0.15) is 28.2 Å². The zero-order valence-corrected chi connectivity index (χ0v) is 25.4. The van der Waals surface area contributed by atoms with Crippen molar-refractivity contribution in [2.75, 3.05) is 6.61 Å². The molecule has 1 aromatic heterocycles. The highest BCUT2D eigenvalue weighted by Gasteiger charge is 2.20. The summed E-state index contributed by atoms with van der Waals surface area (Å²) in [4.78, 5) is 29.3. The average Bonchev–Trinajstić information content (AvgIpc) is 2.77. The molecule has 1 aromatic carbocycles. The van der Waals surface area contributed by atoms with Crippen molar-refractivity contribution in [1.29, 1.82) is 0 Å². The quantitative estimate of drug-likeness (QED) is 0.287. The predicted molar refractivity (Wildman–Crippen MR) is 158 cm³/mol. The third kappa shape index (κ3) is 9.22. The Hall–Kier alpha value is -1.00. The van der Waals surface area contributed by atoms with Crippen molar-refractivity contribution in [2.45, 2.75) is 24.1 Å². The van der Waals surface area contributed by atoms with E-state index in [1.165, 1.54) is 0 Å². The van der Waals surface area contributed by atoms with Crippen molar-refractivity contribution in [3.05, 3.63) is 77.9 Å². The van der Waals surface area contributed by atoms with Crippen LogP contribution in [0.25, 0.3) is 0 Å². The first-order valence-electron chi connectivity index (χ1n) is 9.99. The van der Waals surface area contributed by atoms with Gasteiger partial charge in [-0.2, -0.15) is 0 Å². The lowest BCUT2D eigenvalue weighted by Crippen LogP contribution is -2.34. The number of pyridine rings is 1. The lowest BCUT2D eigenvalue weighted by Gasteiger charge is -2.20. The molecule has 7 nitrogen and oxygen atoms in total. The molecule has 2 amide bonds. The molecular weight excluding hydrogens is 621 g/mol. The van der Waals surface area contributed by atoms with Crippen molar-refractivity contribution in [3.63, 3.8) is 0 Å². The zero-order valence-electron chi connectivity index (χ0n) is 18.6. The fraction of sp³-hybridized carbons (Fsp3) is 0.227. The third-order valence-corrected chi connectivity index (χ3v) is 6.69. The predicted octanol–water partition coefficient (Wildman–Crippen LogP) is 3.70. The van der Waals surface area contributed by atoms with Crippen molar-refractivity contribution in [1.82, 2.24) is 15.6 Å². The van der Waals surface area contributed by atoms with E-state index in [1.54, 1.807) is 41.2 Å². The van der Waals surface area contributed by atoms with Gasteiger partial charge in [0.2, 0.25) is 0 Å². The van der Waals surface area contributed by atoms with E-state index >= 15 is 0 Å². The van der Waals surface area contributed by atoms with Gasteiger partial charge in [-0.3, -0.25) is 9.59 Å². The van der Waals surface area contributed by atoms with Crippen LogP contribution in [0.15, 0.2) is 61.0 Å². The Kier molecular flexibility index (Phi) is 11.5. The molecule has 1 heterocycles. The van der Waals surface area contributed by atoms with Crippen LogP contribution in [0.3, 0.4) is 0 Å². The minimum absolute atomic E-state index is 0.178. The Morgan fingerprint density at radius 3 is 2.50 bits per heavy atom. The number of halogens is 1. The number of ether oxygens (including phenoxy) is 1. The van der Waals surface area contributed by atoms with Crippen LogP contribution in [0.4, 0.5) is 0 Å². The molecular formula is C22H28IN3O4P4. The summed E-state index contributed by atoms with van der Waals surface area (Å²) in [5.74, 6) is -0.173. The lowest BCUT2D eigenvalue weighted by atomic mass is 10.1. The highest BCUT2D eigenvalue weighted by Crippen LogP contribution is 2.43. The van der Waals surface area contributed by atoms with Crippen LogP contribution in [-0.2, 0) is 12.5 Å². The molecule has 2 N–H and O–H groups in total. The SMILES string of the molecule is C=C(CC(OI)C(=C)NC(=O)COc1ccc(C)c(P)c1)NC(=O)c1cccc(C(P)(P)P)n1. The Bertz CT molecular complexity index is 1090. The maximum absolute atomic E-state index is 12.6. The second-order valence-corrected chi connectivity index (χ2v) is 13.6. The summed E-state index contributed by atoms with van der Waals surface area (Å²) >= 11 is 1.72. The monoisotopic (exact) mass is 649 g/mol. The number of carbonyl (C=O) groups is 2. The van der Waals surface area contributed by atoms with Crippen LogP contribution >= 0.6 is 60.0 Å². The number of aryl methyl sites for hydroxylation is 1. The Balaban J connectivity index is 1.88. The number of aromatic nitrogens is 1. The number of hydrogen-bond acceptors (Lipinski definition) is 5. The van der Waals surface area contributed by atoms with Gasteiger partial charge in [0.15, 0.2) is 6.61 Å². The summed E-state index contributed by atoms with van der Waals surface area (Å²) in [6.45, 7) is 9.59. The van der Waals surface area contributed by atoms with Crippen LogP contribution < -0.4 is 20.7 Å². The van der Waals surface area contributed by atoms with Gasteiger partial charge >= 0.3 is 0 Å².